The Bertz CT molecular complexity index is 810. The highest BCUT2D eigenvalue weighted by Gasteiger charge is 2.47. The summed E-state index contributed by atoms with van der Waals surface area (Å²) >= 11 is 0. The van der Waals surface area contributed by atoms with Gasteiger partial charge in [-0.2, -0.15) is 0 Å². The third kappa shape index (κ3) is 4.99. The molecule has 0 saturated carbocycles. The topological polar surface area (TPSA) is 112 Å². The van der Waals surface area contributed by atoms with Crippen LogP contribution in [0.15, 0.2) is 60.7 Å². The Kier molecular flexibility index (Phi) is 6.95. The number of methoxy groups -OCH3 is 1. The van der Waals surface area contributed by atoms with Gasteiger partial charge in [-0.15, -0.1) is 0 Å². The molecule has 0 radical (unpaired) electrons. The maximum atomic E-state index is 12.3. The van der Waals surface area contributed by atoms with Gasteiger partial charge in [0.15, 0.2) is 12.4 Å². The summed E-state index contributed by atoms with van der Waals surface area (Å²) in [7, 11) is 1.30. The van der Waals surface area contributed by atoms with Gasteiger partial charge in [-0.25, -0.2) is 9.59 Å². The maximum Gasteiger partial charge on any atom is 0.338 e. The largest absolute Gasteiger partial charge is 0.459 e. The van der Waals surface area contributed by atoms with Crippen LogP contribution in [0.5, 0.6) is 0 Å². The van der Waals surface area contributed by atoms with E-state index in [4.69, 9.17) is 18.9 Å². The van der Waals surface area contributed by atoms with Crippen molar-refractivity contribution in [1.29, 1.82) is 0 Å². The van der Waals surface area contributed by atoms with Gasteiger partial charge < -0.3 is 29.2 Å². The number of carbonyl (C=O) groups is 2. The highest BCUT2D eigenvalue weighted by Crippen LogP contribution is 2.25. The van der Waals surface area contributed by atoms with Gasteiger partial charge in [0.1, 0.15) is 24.9 Å². The van der Waals surface area contributed by atoms with Crippen LogP contribution in [0, 0.1) is 0 Å². The zero-order valence-electron chi connectivity index (χ0n) is 15.7. The van der Waals surface area contributed by atoms with Crippen LogP contribution in [0.4, 0.5) is 0 Å². The van der Waals surface area contributed by atoms with Crippen molar-refractivity contribution in [2.75, 3.05) is 13.7 Å². The summed E-state index contributed by atoms with van der Waals surface area (Å²) in [6.45, 7) is -0.319. The lowest BCUT2D eigenvalue weighted by molar-refractivity contribution is -0.293. The lowest BCUT2D eigenvalue weighted by atomic mass is 9.99. The standard InChI is InChI=1S/C21H22O8/c1-26-21-17(23)18(29-20(25)14-10-6-3-7-11-14)16(22)15(28-21)12-27-19(24)13-8-4-2-5-9-13/h2-11,15-18,21-23H,12H2,1H3/t15-,16-,17-,18-,21-/m1/s1. The van der Waals surface area contributed by atoms with E-state index >= 15 is 0 Å². The highest BCUT2D eigenvalue weighted by atomic mass is 16.7. The van der Waals surface area contributed by atoms with Crippen LogP contribution in [0.1, 0.15) is 20.7 Å². The van der Waals surface area contributed by atoms with Crippen LogP contribution in [0.2, 0.25) is 0 Å². The van der Waals surface area contributed by atoms with Gasteiger partial charge in [0.2, 0.25) is 0 Å². The first kappa shape index (κ1) is 20.9. The van der Waals surface area contributed by atoms with Crippen molar-refractivity contribution in [1.82, 2.24) is 0 Å². The number of esters is 2. The Morgan fingerprint density at radius 2 is 1.45 bits per heavy atom. The summed E-state index contributed by atoms with van der Waals surface area (Å²) in [4.78, 5) is 24.5. The zero-order valence-corrected chi connectivity index (χ0v) is 15.7. The van der Waals surface area contributed by atoms with Gasteiger partial charge in [0, 0.05) is 7.11 Å². The molecule has 1 aliphatic heterocycles. The van der Waals surface area contributed by atoms with Crippen LogP contribution in [-0.2, 0) is 18.9 Å². The lowest BCUT2D eigenvalue weighted by Crippen LogP contribution is -2.60. The van der Waals surface area contributed by atoms with Crippen molar-refractivity contribution in [3.05, 3.63) is 71.8 Å². The van der Waals surface area contributed by atoms with Gasteiger partial charge in [-0.3, -0.25) is 0 Å². The van der Waals surface area contributed by atoms with Crippen molar-refractivity contribution >= 4 is 11.9 Å². The van der Waals surface area contributed by atoms with Crippen molar-refractivity contribution in [2.24, 2.45) is 0 Å². The third-order valence-corrected chi connectivity index (χ3v) is 4.51. The second-order valence-corrected chi connectivity index (χ2v) is 6.46. The third-order valence-electron chi connectivity index (χ3n) is 4.51. The Labute approximate surface area is 167 Å². The summed E-state index contributed by atoms with van der Waals surface area (Å²) in [5.74, 6) is -1.31. The SMILES string of the molecule is CO[C@@H]1O[C@H](COC(=O)c2ccccc2)[C@@H](O)[C@@H](OC(=O)c2ccccc2)[C@H]1O. The number of aliphatic hydroxyl groups is 2. The number of ether oxygens (including phenoxy) is 4. The Hall–Kier alpha value is -2.78. The van der Waals surface area contributed by atoms with E-state index in [-0.39, 0.29) is 12.2 Å². The molecule has 0 spiro atoms. The second kappa shape index (κ2) is 9.62. The molecule has 1 fully saturated rings. The molecule has 1 aliphatic rings. The molecule has 0 aliphatic carbocycles. The van der Waals surface area contributed by atoms with Crippen molar-refractivity contribution < 1.29 is 38.7 Å². The van der Waals surface area contributed by atoms with Gasteiger partial charge in [0.05, 0.1) is 11.1 Å². The molecule has 1 saturated heterocycles. The van der Waals surface area contributed by atoms with E-state index in [1.165, 1.54) is 7.11 Å². The molecular formula is C21H22O8. The predicted molar refractivity (Wildman–Crippen MR) is 100 cm³/mol. The van der Waals surface area contributed by atoms with Crippen LogP contribution in [-0.4, -0.2) is 66.6 Å². The monoisotopic (exact) mass is 402 g/mol. The van der Waals surface area contributed by atoms with Crippen molar-refractivity contribution in [2.45, 2.75) is 30.7 Å². The molecule has 154 valence electrons. The molecule has 8 heteroatoms. The van der Waals surface area contributed by atoms with Gasteiger partial charge >= 0.3 is 11.9 Å². The fourth-order valence-corrected chi connectivity index (χ4v) is 2.96. The predicted octanol–water partition coefficient (Wildman–Crippen LogP) is 1.16. The van der Waals surface area contributed by atoms with Crippen LogP contribution < -0.4 is 0 Å². The number of hydrogen-bond acceptors (Lipinski definition) is 8. The summed E-state index contributed by atoms with van der Waals surface area (Å²) in [5.41, 5.74) is 0.604. The van der Waals surface area contributed by atoms with E-state index in [0.29, 0.717) is 5.56 Å². The van der Waals surface area contributed by atoms with E-state index in [1.807, 2.05) is 0 Å². The molecule has 29 heavy (non-hydrogen) atoms. The smallest absolute Gasteiger partial charge is 0.338 e. The molecule has 8 nitrogen and oxygen atoms in total. The van der Waals surface area contributed by atoms with E-state index in [9.17, 15) is 19.8 Å². The van der Waals surface area contributed by atoms with E-state index in [1.54, 1.807) is 60.7 Å². The fourth-order valence-electron chi connectivity index (χ4n) is 2.96. The minimum atomic E-state index is -1.44. The summed E-state index contributed by atoms with van der Waals surface area (Å²) in [6, 6.07) is 16.5. The Morgan fingerprint density at radius 3 is 2.00 bits per heavy atom. The second-order valence-electron chi connectivity index (χ2n) is 6.46. The molecule has 5 atom stereocenters. The average Bonchev–Trinajstić information content (AvgIpc) is 2.77. The molecule has 2 N–H and O–H groups in total. The van der Waals surface area contributed by atoms with Gasteiger partial charge in [0.25, 0.3) is 0 Å². The number of hydrogen-bond donors (Lipinski definition) is 2. The van der Waals surface area contributed by atoms with Crippen LogP contribution >= 0.6 is 0 Å². The molecule has 0 bridgehead atoms. The van der Waals surface area contributed by atoms with E-state index in [2.05, 4.69) is 0 Å². The molecule has 3 rings (SSSR count). The number of rotatable bonds is 6. The molecule has 1 heterocycles. The van der Waals surface area contributed by atoms with Crippen LogP contribution in [0.25, 0.3) is 0 Å². The first-order valence-electron chi connectivity index (χ1n) is 9.04. The van der Waals surface area contributed by atoms with Crippen LogP contribution in [0.3, 0.4) is 0 Å². The summed E-state index contributed by atoms with van der Waals surface area (Å²) in [5, 5.41) is 21.0. The van der Waals surface area contributed by atoms with E-state index in [0.717, 1.165) is 0 Å². The maximum absolute atomic E-state index is 12.3. The molecule has 0 unspecified atom stereocenters. The van der Waals surface area contributed by atoms with E-state index < -0.39 is 42.6 Å². The molecule has 2 aromatic rings. The minimum absolute atomic E-state index is 0.263. The first-order valence-corrected chi connectivity index (χ1v) is 9.04. The number of carbonyl (C=O) groups excluding carboxylic acids is 2. The number of aliphatic hydroxyl groups excluding tert-OH is 2. The number of benzene rings is 2. The molecule has 0 aromatic heterocycles. The molecule has 0 amide bonds. The minimum Gasteiger partial charge on any atom is -0.459 e. The quantitative estimate of drug-likeness (QED) is 0.693. The summed E-state index contributed by atoms with van der Waals surface area (Å²) < 4.78 is 21.1. The fraction of sp³-hybridized carbons (Fsp3) is 0.333. The van der Waals surface area contributed by atoms with Gasteiger partial charge in [-0.1, -0.05) is 36.4 Å². The van der Waals surface area contributed by atoms with Crippen molar-refractivity contribution in [3.63, 3.8) is 0 Å². The zero-order chi connectivity index (χ0) is 20.8. The molecular weight excluding hydrogens is 380 g/mol. The molecule has 2 aromatic carbocycles. The average molecular weight is 402 g/mol. The Balaban J connectivity index is 1.68. The lowest BCUT2D eigenvalue weighted by Gasteiger charge is -2.41. The van der Waals surface area contributed by atoms with Crippen molar-refractivity contribution in [3.8, 4) is 0 Å². The Morgan fingerprint density at radius 1 is 0.897 bits per heavy atom. The van der Waals surface area contributed by atoms with Gasteiger partial charge in [-0.05, 0) is 24.3 Å². The first-order chi connectivity index (χ1) is 14.0. The summed E-state index contributed by atoms with van der Waals surface area (Å²) in [6.07, 6.45) is -6.44. The highest BCUT2D eigenvalue weighted by molar-refractivity contribution is 5.89. The normalized spacial score (nSPS) is 26.5.